The lowest BCUT2D eigenvalue weighted by atomic mass is 10.2. The minimum absolute atomic E-state index is 0.0209. The summed E-state index contributed by atoms with van der Waals surface area (Å²) in [5.41, 5.74) is -0.132. The molecule has 3 heterocycles. The maximum absolute atomic E-state index is 15.1. The molecule has 1 amide bonds. The molecule has 226 valence electrons. The minimum Gasteiger partial charge on any atom is -0.444 e. The van der Waals surface area contributed by atoms with Crippen molar-refractivity contribution in [2.45, 2.75) is 78.6 Å². The summed E-state index contributed by atoms with van der Waals surface area (Å²) in [5, 5.41) is 10.9. The van der Waals surface area contributed by atoms with E-state index in [-0.39, 0.29) is 30.1 Å². The maximum Gasteiger partial charge on any atom is 0.412 e. The summed E-state index contributed by atoms with van der Waals surface area (Å²) in [6.45, 7) is 16.4. The molecule has 0 radical (unpaired) electrons. The third-order valence-electron chi connectivity index (χ3n) is 5.85. The number of hydrogen-bond donors (Lipinski definition) is 1. The Bertz CT molecular complexity index is 1550. The van der Waals surface area contributed by atoms with Gasteiger partial charge in [0.15, 0.2) is 11.6 Å². The first-order chi connectivity index (χ1) is 19.6. The zero-order valence-corrected chi connectivity index (χ0v) is 26.0. The standard InChI is InChI=1S/C28H36F2N6O5Si/c1-16(2)24-34-35-25(40-24)18-13-36(15-38-9-10-42(6,7)8)23-21(18)26(32-14-31-23)39-22-19(29)11-17(12-20(22)30)33-27(37)41-28(3,4)5/h11-14,16H,9-10,15H2,1-8H3,(H,33,37). The van der Waals surface area contributed by atoms with Crippen LogP contribution in [0, 0.1) is 11.6 Å². The number of hydrogen-bond acceptors (Lipinski definition) is 9. The second-order valence-corrected chi connectivity index (χ2v) is 18.0. The van der Waals surface area contributed by atoms with Crippen molar-refractivity contribution < 1.29 is 32.2 Å². The van der Waals surface area contributed by atoms with Gasteiger partial charge in [-0.1, -0.05) is 33.5 Å². The molecule has 4 rings (SSSR count). The number of halogens is 2. The number of benzene rings is 1. The molecule has 0 aliphatic carbocycles. The fraction of sp³-hybridized carbons (Fsp3) is 0.464. The highest BCUT2D eigenvalue weighted by Gasteiger charge is 2.25. The topological polar surface area (TPSA) is 126 Å². The average molecular weight is 603 g/mol. The van der Waals surface area contributed by atoms with E-state index in [1.54, 1.807) is 31.5 Å². The number of nitrogens with one attached hydrogen (secondary N) is 1. The molecule has 0 unspecified atom stereocenters. The first kappa shape index (κ1) is 31.0. The Hall–Kier alpha value is -3.91. The number of carbonyl (C=O) groups excluding carboxylic acids is 1. The van der Waals surface area contributed by atoms with Crippen LogP contribution in [0.1, 0.15) is 46.4 Å². The molecular weight excluding hydrogens is 566 g/mol. The van der Waals surface area contributed by atoms with Crippen LogP contribution in [0.4, 0.5) is 19.3 Å². The van der Waals surface area contributed by atoms with Crippen molar-refractivity contribution in [3.05, 3.63) is 42.2 Å². The third-order valence-corrected chi connectivity index (χ3v) is 7.56. The van der Waals surface area contributed by atoms with Gasteiger partial charge < -0.3 is 23.2 Å². The monoisotopic (exact) mass is 602 g/mol. The molecule has 0 aliphatic rings. The van der Waals surface area contributed by atoms with Gasteiger partial charge in [0.25, 0.3) is 0 Å². The van der Waals surface area contributed by atoms with Crippen LogP contribution in [0.3, 0.4) is 0 Å². The molecule has 1 aromatic carbocycles. The Morgan fingerprint density at radius 3 is 2.40 bits per heavy atom. The molecule has 42 heavy (non-hydrogen) atoms. The van der Waals surface area contributed by atoms with E-state index in [9.17, 15) is 4.79 Å². The number of fused-ring (bicyclic) bond motifs is 1. The first-order valence-electron chi connectivity index (χ1n) is 13.5. The molecule has 4 aromatic rings. The van der Waals surface area contributed by atoms with Crippen LogP contribution in [0.15, 0.2) is 29.1 Å². The number of aromatic nitrogens is 5. The van der Waals surface area contributed by atoms with Gasteiger partial charge in [0.2, 0.25) is 23.4 Å². The number of anilines is 1. The molecule has 0 atom stereocenters. The van der Waals surface area contributed by atoms with Crippen molar-refractivity contribution in [3.8, 4) is 23.1 Å². The van der Waals surface area contributed by atoms with E-state index in [1.165, 1.54) is 6.33 Å². The lowest BCUT2D eigenvalue weighted by molar-refractivity contribution is 0.0636. The summed E-state index contributed by atoms with van der Waals surface area (Å²) in [6.07, 6.45) is 2.08. The van der Waals surface area contributed by atoms with Gasteiger partial charge in [-0.25, -0.2) is 23.5 Å². The van der Waals surface area contributed by atoms with E-state index in [0.29, 0.717) is 29.1 Å². The molecule has 0 saturated carbocycles. The largest absolute Gasteiger partial charge is 0.444 e. The van der Waals surface area contributed by atoms with Gasteiger partial charge in [-0.2, -0.15) is 0 Å². The van der Waals surface area contributed by atoms with E-state index < -0.39 is 37.2 Å². The average Bonchev–Trinajstić information content (AvgIpc) is 3.48. The Morgan fingerprint density at radius 2 is 1.81 bits per heavy atom. The molecule has 1 N–H and O–H groups in total. The van der Waals surface area contributed by atoms with Gasteiger partial charge >= 0.3 is 6.09 Å². The predicted octanol–water partition coefficient (Wildman–Crippen LogP) is 7.33. The van der Waals surface area contributed by atoms with E-state index in [4.69, 9.17) is 18.6 Å². The quantitative estimate of drug-likeness (QED) is 0.147. The summed E-state index contributed by atoms with van der Waals surface area (Å²) in [5.74, 6) is -2.42. The minimum atomic E-state index is -1.31. The van der Waals surface area contributed by atoms with E-state index in [1.807, 2.05) is 13.8 Å². The SMILES string of the molecule is CC(C)c1nnc(-c2cn(COCC[Si](C)(C)C)c3ncnc(Oc4c(F)cc(NC(=O)OC(C)(C)C)cc4F)c23)o1. The molecule has 0 aliphatic heterocycles. The van der Waals surface area contributed by atoms with E-state index in [0.717, 1.165) is 18.2 Å². The second-order valence-electron chi connectivity index (χ2n) is 12.3. The van der Waals surface area contributed by atoms with Gasteiger partial charge in [-0.15, -0.1) is 10.2 Å². The van der Waals surface area contributed by atoms with Crippen LogP contribution >= 0.6 is 0 Å². The summed E-state index contributed by atoms with van der Waals surface area (Å²) in [7, 11) is -1.31. The van der Waals surface area contributed by atoms with Crippen LogP contribution in [-0.2, 0) is 16.2 Å². The molecule has 3 aromatic heterocycles. The summed E-state index contributed by atoms with van der Waals surface area (Å²) in [6, 6.07) is 2.82. The van der Waals surface area contributed by atoms with Crippen LogP contribution in [0.5, 0.6) is 11.6 Å². The smallest absolute Gasteiger partial charge is 0.412 e. The van der Waals surface area contributed by atoms with E-state index in [2.05, 4.69) is 45.1 Å². The zero-order valence-electron chi connectivity index (χ0n) is 25.0. The summed E-state index contributed by atoms with van der Waals surface area (Å²) >= 11 is 0. The summed E-state index contributed by atoms with van der Waals surface area (Å²) in [4.78, 5) is 20.6. The third kappa shape index (κ3) is 7.67. The molecule has 11 nitrogen and oxygen atoms in total. The van der Waals surface area contributed by atoms with Crippen LogP contribution in [0.2, 0.25) is 25.7 Å². The highest BCUT2D eigenvalue weighted by Crippen LogP contribution is 2.38. The zero-order chi connectivity index (χ0) is 30.8. The number of nitrogens with zero attached hydrogens (tertiary/aromatic N) is 5. The van der Waals surface area contributed by atoms with Crippen molar-refractivity contribution in [3.63, 3.8) is 0 Å². The molecular formula is C28H36F2N6O5Si. The van der Waals surface area contributed by atoms with E-state index >= 15 is 8.78 Å². The van der Waals surface area contributed by atoms with Crippen molar-refractivity contribution in [1.29, 1.82) is 0 Å². The highest BCUT2D eigenvalue weighted by molar-refractivity contribution is 6.76. The predicted molar refractivity (Wildman–Crippen MR) is 155 cm³/mol. The number of rotatable bonds is 10. The summed E-state index contributed by atoms with van der Waals surface area (Å²) < 4.78 is 54.7. The number of amides is 1. The highest BCUT2D eigenvalue weighted by atomic mass is 28.3. The Kier molecular flexibility index (Phi) is 8.97. The van der Waals surface area contributed by atoms with Gasteiger partial charge in [0.1, 0.15) is 24.3 Å². The fourth-order valence-electron chi connectivity index (χ4n) is 3.80. The molecule has 0 bridgehead atoms. The van der Waals surface area contributed by atoms with Crippen LogP contribution < -0.4 is 10.1 Å². The lowest BCUT2D eigenvalue weighted by Gasteiger charge is -2.19. The molecule has 14 heteroatoms. The number of carbonyl (C=O) groups is 1. The van der Waals surface area contributed by atoms with Crippen molar-refractivity contribution in [2.75, 3.05) is 11.9 Å². The molecule has 0 fully saturated rings. The Morgan fingerprint density at radius 1 is 1.12 bits per heavy atom. The molecule has 0 spiro atoms. The normalized spacial score (nSPS) is 12.3. The van der Waals surface area contributed by atoms with Crippen molar-refractivity contribution in [1.82, 2.24) is 24.7 Å². The fourth-order valence-corrected chi connectivity index (χ4v) is 4.56. The Balaban J connectivity index is 1.70. The molecule has 0 saturated heterocycles. The van der Waals surface area contributed by atoms with Gasteiger partial charge in [-0.05, 0) is 26.8 Å². The van der Waals surface area contributed by atoms with Crippen molar-refractivity contribution in [2.24, 2.45) is 0 Å². The lowest BCUT2D eigenvalue weighted by Crippen LogP contribution is -2.27. The first-order valence-corrected chi connectivity index (χ1v) is 17.2. The van der Waals surface area contributed by atoms with Crippen LogP contribution in [-0.4, -0.2) is 51.1 Å². The second kappa shape index (κ2) is 12.1. The number of ether oxygens (including phenoxy) is 3. The van der Waals surface area contributed by atoms with Crippen LogP contribution in [0.25, 0.3) is 22.5 Å². The van der Waals surface area contributed by atoms with Gasteiger partial charge in [0, 0.05) is 38.9 Å². The van der Waals surface area contributed by atoms with Gasteiger partial charge in [-0.3, -0.25) is 5.32 Å². The van der Waals surface area contributed by atoms with Gasteiger partial charge in [0.05, 0.1) is 16.6 Å². The Labute approximate surface area is 243 Å². The van der Waals surface area contributed by atoms with Crippen molar-refractivity contribution >= 4 is 30.9 Å². The maximum atomic E-state index is 15.1.